The summed E-state index contributed by atoms with van der Waals surface area (Å²) in [6.07, 6.45) is 1.38. The third-order valence-corrected chi connectivity index (χ3v) is 5.20. The zero-order valence-corrected chi connectivity index (χ0v) is 16.4. The monoisotopic (exact) mass is 376 g/mol. The van der Waals surface area contributed by atoms with Gasteiger partial charge in [-0.2, -0.15) is 4.98 Å². The Morgan fingerprint density at radius 1 is 1.18 bits per heavy atom. The van der Waals surface area contributed by atoms with Gasteiger partial charge in [-0.05, 0) is 42.3 Å². The molecule has 1 amide bonds. The molecule has 144 valence electrons. The number of anilines is 2. The van der Waals surface area contributed by atoms with Crippen LogP contribution in [-0.4, -0.2) is 36.7 Å². The van der Waals surface area contributed by atoms with Crippen LogP contribution < -0.4 is 9.80 Å². The van der Waals surface area contributed by atoms with E-state index in [0.717, 1.165) is 23.4 Å². The summed E-state index contributed by atoms with van der Waals surface area (Å²) in [5.74, 6) is 1.10. The molecule has 0 unspecified atom stereocenters. The van der Waals surface area contributed by atoms with Gasteiger partial charge >= 0.3 is 0 Å². The number of hydrogen-bond donors (Lipinski definition) is 0. The van der Waals surface area contributed by atoms with E-state index in [2.05, 4.69) is 29.2 Å². The predicted molar refractivity (Wildman–Crippen MR) is 110 cm³/mol. The second kappa shape index (κ2) is 7.46. The molecule has 0 radical (unpaired) electrons. The highest BCUT2D eigenvalue weighted by Gasteiger charge is 2.34. The van der Waals surface area contributed by atoms with Crippen molar-refractivity contribution in [1.82, 2.24) is 10.1 Å². The van der Waals surface area contributed by atoms with E-state index in [1.807, 2.05) is 60.3 Å². The third-order valence-electron chi connectivity index (χ3n) is 5.20. The molecule has 6 heteroatoms. The van der Waals surface area contributed by atoms with Crippen LogP contribution in [0.25, 0.3) is 11.5 Å². The molecule has 1 aliphatic rings. The summed E-state index contributed by atoms with van der Waals surface area (Å²) in [5.41, 5.74) is 4.12. The second-order valence-corrected chi connectivity index (χ2v) is 7.33. The van der Waals surface area contributed by atoms with Crippen LogP contribution in [0.15, 0.2) is 53.1 Å². The molecular formula is C22H24N4O2. The molecule has 0 saturated carbocycles. The van der Waals surface area contributed by atoms with Gasteiger partial charge in [-0.1, -0.05) is 30.3 Å². The van der Waals surface area contributed by atoms with Crippen molar-refractivity contribution in [3.63, 3.8) is 0 Å². The number of aromatic nitrogens is 2. The summed E-state index contributed by atoms with van der Waals surface area (Å²) in [5, 5.41) is 4.16. The van der Waals surface area contributed by atoms with Crippen LogP contribution in [0.4, 0.5) is 11.4 Å². The lowest BCUT2D eigenvalue weighted by Gasteiger charge is -2.16. The van der Waals surface area contributed by atoms with Crippen LogP contribution in [0.3, 0.4) is 0 Å². The van der Waals surface area contributed by atoms with E-state index in [0.29, 0.717) is 24.7 Å². The van der Waals surface area contributed by atoms with Gasteiger partial charge in [0.15, 0.2) is 5.82 Å². The molecule has 1 atom stereocenters. The van der Waals surface area contributed by atoms with Crippen molar-refractivity contribution in [2.75, 3.05) is 30.4 Å². The summed E-state index contributed by atoms with van der Waals surface area (Å²) in [4.78, 5) is 21.0. The van der Waals surface area contributed by atoms with E-state index in [4.69, 9.17) is 4.52 Å². The molecule has 1 aromatic heterocycles. The first kappa shape index (κ1) is 18.2. The number of carbonyl (C=O) groups is 1. The Morgan fingerprint density at radius 2 is 1.96 bits per heavy atom. The zero-order chi connectivity index (χ0) is 19.7. The molecule has 4 rings (SSSR count). The normalized spacial score (nSPS) is 16.6. The molecule has 1 aliphatic heterocycles. The highest BCUT2D eigenvalue weighted by molar-refractivity contribution is 5.96. The van der Waals surface area contributed by atoms with Gasteiger partial charge in [0, 0.05) is 49.9 Å². The number of carbonyl (C=O) groups excluding carboxylic acids is 1. The van der Waals surface area contributed by atoms with Gasteiger partial charge in [-0.15, -0.1) is 0 Å². The molecule has 0 N–H and O–H groups in total. The number of rotatable bonds is 5. The van der Waals surface area contributed by atoms with Gasteiger partial charge in [-0.25, -0.2) is 0 Å². The number of aryl methyl sites for hydroxylation is 1. The SMILES string of the molecule is CCc1ccc(N2C[C@H](c3noc(-c4cccc(N(C)C)c4)n3)CC2=O)cc1. The maximum Gasteiger partial charge on any atom is 0.258 e. The lowest BCUT2D eigenvalue weighted by molar-refractivity contribution is -0.117. The molecule has 6 nitrogen and oxygen atoms in total. The van der Waals surface area contributed by atoms with Gasteiger partial charge < -0.3 is 14.3 Å². The van der Waals surface area contributed by atoms with Crippen molar-refractivity contribution in [1.29, 1.82) is 0 Å². The van der Waals surface area contributed by atoms with E-state index in [-0.39, 0.29) is 11.8 Å². The molecule has 2 aromatic carbocycles. The highest BCUT2D eigenvalue weighted by atomic mass is 16.5. The van der Waals surface area contributed by atoms with Crippen LogP contribution in [0.2, 0.25) is 0 Å². The molecule has 3 aromatic rings. The van der Waals surface area contributed by atoms with Crippen molar-refractivity contribution in [3.8, 4) is 11.5 Å². The fraction of sp³-hybridized carbons (Fsp3) is 0.318. The molecule has 0 aliphatic carbocycles. The van der Waals surface area contributed by atoms with Gasteiger partial charge in [0.1, 0.15) is 0 Å². The minimum atomic E-state index is -0.0621. The van der Waals surface area contributed by atoms with Gasteiger partial charge in [0.25, 0.3) is 5.89 Å². The minimum Gasteiger partial charge on any atom is -0.378 e. The Bertz CT molecular complexity index is 978. The van der Waals surface area contributed by atoms with Crippen molar-refractivity contribution in [3.05, 3.63) is 59.9 Å². The zero-order valence-electron chi connectivity index (χ0n) is 16.4. The summed E-state index contributed by atoms with van der Waals surface area (Å²) < 4.78 is 5.49. The van der Waals surface area contributed by atoms with Gasteiger partial charge in [-0.3, -0.25) is 4.79 Å². The first-order valence-electron chi connectivity index (χ1n) is 9.56. The quantitative estimate of drug-likeness (QED) is 0.676. The maximum absolute atomic E-state index is 12.5. The van der Waals surface area contributed by atoms with Crippen LogP contribution in [0.5, 0.6) is 0 Å². The fourth-order valence-corrected chi connectivity index (χ4v) is 3.48. The van der Waals surface area contributed by atoms with E-state index >= 15 is 0 Å². The largest absolute Gasteiger partial charge is 0.378 e. The molecule has 0 spiro atoms. The van der Waals surface area contributed by atoms with Crippen LogP contribution in [0.1, 0.15) is 30.7 Å². The van der Waals surface area contributed by atoms with Gasteiger partial charge in [0.05, 0.1) is 0 Å². The summed E-state index contributed by atoms with van der Waals surface area (Å²) in [6, 6.07) is 16.1. The average Bonchev–Trinajstić information content (AvgIpc) is 3.35. The maximum atomic E-state index is 12.5. The topological polar surface area (TPSA) is 62.5 Å². The first-order valence-corrected chi connectivity index (χ1v) is 9.56. The lowest BCUT2D eigenvalue weighted by Crippen LogP contribution is -2.24. The molecule has 0 bridgehead atoms. The summed E-state index contributed by atoms with van der Waals surface area (Å²) in [6.45, 7) is 2.69. The Hall–Kier alpha value is -3.15. The summed E-state index contributed by atoms with van der Waals surface area (Å²) in [7, 11) is 3.98. The predicted octanol–water partition coefficient (Wildman–Crippen LogP) is 3.89. The fourth-order valence-electron chi connectivity index (χ4n) is 3.48. The van der Waals surface area contributed by atoms with Crippen molar-refractivity contribution in [2.24, 2.45) is 0 Å². The van der Waals surface area contributed by atoms with E-state index in [1.54, 1.807) is 0 Å². The molecule has 2 heterocycles. The summed E-state index contributed by atoms with van der Waals surface area (Å²) >= 11 is 0. The van der Waals surface area contributed by atoms with Crippen molar-refractivity contribution in [2.45, 2.75) is 25.7 Å². The first-order chi connectivity index (χ1) is 13.5. The Morgan fingerprint density at radius 3 is 2.68 bits per heavy atom. The smallest absolute Gasteiger partial charge is 0.258 e. The Labute approximate surface area is 164 Å². The minimum absolute atomic E-state index is 0.0621. The molecule has 28 heavy (non-hydrogen) atoms. The van der Waals surface area contributed by atoms with Gasteiger partial charge in [0.2, 0.25) is 5.91 Å². The second-order valence-electron chi connectivity index (χ2n) is 7.33. The van der Waals surface area contributed by atoms with Crippen LogP contribution >= 0.6 is 0 Å². The lowest BCUT2D eigenvalue weighted by atomic mass is 10.1. The Kier molecular flexibility index (Phi) is 4.86. The van der Waals surface area contributed by atoms with E-state index in [1.165, 1.54) is 5.56 Å². The van der Waals surface area contributed by atoms with E-state index in [9.17, 15) is 4.79 Å². The van der Waals surface area contributed by atoms with Crippen molar-refractivity contribution < 1.29 is 9.32 Å². The standard InChI is InChI=1S/C22H24N4O2/c1-4-15-8-10-18(11-9-15)26-14-17(13-20(26)27)21-23-22(28-24-21)16-6-5-7-19(12-16)25(2)3/h5-12,17H,4,13-14H2,1-3H3/t17-/m1/s1. The van der Waals surface area contributed by atoms with Crippen LogP contribution in [0, 0.1) is 0 Å². The number of amides is 1. The van der Waals surface area contributed by atoms with E-state index < -0.39 is 0 Å². The third kappa shape index (κ3) is 3.50. The molecule has 1 fully saturated rings. The number of hydrogen-bond acceptors (Lipinski definition) is 5. The molecule has 1 saturated heterocycles. The van der Waals surface area contributed by atoms with Crippen LogP contribution in [-0.2, 0) is 11.2 Å². The van der Waals surface area contributed by atoms with Crippen molar-refractivity contribution >= 4 is 17.3 Å². The number of nitrogens with zero attached hydrogens (tertiary/aromatic N) is 4. The number of benzene rings is 2. The highest BCUT2D eigenvalue weighted by Crippen LogP contribution is 2.32. The molecular weight excluding hydrogens is 352 g/mol. The Balaban J connectivity index is 1.53. The average molecular weight is 376 g/mol.